The Hall–Kier alpha value is -2.23. The van der Waals surface area contributed by atoms with Gasteiger partial charge in [0.2, 0.25) is 0 Å². The second-order valence-electron chi connectivity index (χ2n) is 4.79. The SMILES string of the molecule is C=Cc1cc2cc3ccccc3cc2c(S(=O)O)c1C=C. The molecule has 0 spiro atoms. The van der Waals surface area contributed by atoms with E-state index in [9.17, 15) is 8.76 Å². The van der Waals surface area contributed by atoms with E-state index in [1.807, 2.05) is 42.5 Å². The maximum absolute atomic E-state index is 11.8. The molecule has 3 rings (SSSR count). The Kier molecular flexibility index (Phi) is 3.45. The van der Waals surface area contributed by atoms with Gasteiger partial charge in [-0.15, -0.1) is 0 Å². The van der Waals surface area contributed by atoms with Gasteiger partial charge in [-0.2, -0.15) is 0 Å². The summed E-state index contributed by atoms with van der Waals surface area (Å²) < 4.78 is 21.5. The standard InChI is InChI=1S/C18H14O2S/c1-3-12-9-15-10-13-7-5-6-8-14(13)11-17(15)18(21(19)20)16(12)4-2/h3-11H,1-2H2,(H,19,20). The minimum Gasteiger partial charge on any atom is -0.302 e. The third-order valence-electron chi connectivity index (χ3n) is 3.63. The lowest BCUT2D eigenvalue weighted by Gasteiger charge is -2.12. The first-order valence-electron chi connectivity index (χ1n) is 6.51. The van der Waals surface area contributed by atoms with Gasteiger partial charge >= 0.3 is 0 Å². The maximum Gasteiger partial charge on any atom is 0.187 e. The Balaban J connectivity index is 2.56. The van der Waals surface area contributed by atoms with Gasteiger partial charge in [0.05, 0.1) is 4.90 Å². The van der Waals surface area contributed by atoms with Crippen molar-refractivity contribution in [2.45, 2.75) is 4.90 Å². The average Bonchev–Trinajstić information content (AvgIpc) is 2.50. The van der Waals surface area contributed by atoms with E-state index in [-0.39, 0.29) is 0 Å². The Morgan fingerprint density at radius 2 is 1.62 bits per heavy atom. The maximum atomic E-state index is 11.8. The molecule has 3 aromatic rings. The first-order valence-corrected chi connectivity index (χ1v) is 7.61. The lowest BCUT2D eigenvalue weighted by molar-refractivity contribution is 0.565. The smallest absolute Gasteiger partial charge is 0.187 e. The van der Waals surface area contributed by atoms with Crippen molar-refractivity contribution in [3.63, 3.8) is 0 Å². The van der Waals surface area contributed by atoms with Crippen molar-refractivity contribution < 1.29 is 8.76 Å². The number of fused-ring (bicyclic) bond motifs is 2. The zero-order chi connectivity index (χ0) is 15.0. The van der Waals surface area contributed by atoms with Crippen LogP contribution in [0.3, 0.4) is 0 Å². The van der Waals surface area contributed by atoms with Crippen LogP contribution in [-0.2, 0) is 11.1 Å². The normalized spacial score (nSPS) is 12.4. The van der Waals surface area contributed by atoms with Gasteiger partial charge in [0.25, 0.3) is 0 Å². The molecule has 0 amide bonds. The first-order chi connectivity index (χ1) is 10.2. The molecule has 3 aromatic carbocycles. The highest BCUT2D eigenvalue weighted by atomic mass is 32.2. The Morgan fingerprint density at radius 1 is 0.952 bits per heavy atom. The van der Waals surface area contributed by atoms with Crippen molar-refractivity contribution in [2.75, 3.05) is 0 Å². The molecule has 1 N–H and O–H groups in total. The van der Waals surface area contributed by atoms with Crippen LogP contribution in [0.25, 0.3) is 33.7 Å². The number of hydrogen-bond acceptors (Lipinski definition) is 1. The summed E-state index contributed by atoms with van der Waals surface area (Å²) in [4.78, 5) is 0.392. The second kappa shape index (κ2) is 5.28. The molecule has 0 aliphatic rings. The fourth-order valence-electron chi connectivity index (χ4n) is 2.66. The predicted octanol–water partition coefficient (Wildman–Crippen LogP) is 4.86. The molecule has 2 nitrogen and oxygen atoms in total. The summed E-state index contributed by atoms with van der Waals surface area (Å²) in [5.41, 5.74) is 1.47. The molecule has 0 heterocycles. The van der Waals surface area contributed by atoms with Gasteiger partial charge in [-0.3, -0.25) is 0 Å². The van der Waals surface area contributed by atoms with Crippen molar-refractivity contribution in [2.24, 2.45) is 0 Å². The Bertz CT molecular complexity index is 910. The van der Waals surface area contributed by atoms with E-state index < -0.39 is 11.1 Å². The molecule has 0 bridgehead atoms. The van der Waals surface area contributed by atoms with Crippen LogP contribution in [0, 0.1) is 0 Å². The molecule has 0 radical (unpaired) electrons. The fraction of sp³-hybridized carbons (Fsp3) is 0. The van der Waals surface area contributed by atoms with Crippen molar-refractivity contribution >= 4 is 44.8 Å². The van der Waals surface area contributed by atoms with Crippen molar-refractivity contribution in [3.05, 3.63) is 66.7 Å². The molecule has 3 heteroatoms. The van der Waals surface area contributed by atoms with Gasteiger partial charge in [0, 0.05) is 10.9 Å². The predicted molar refractivity (Wildman–Crippen MR) is 90.7 cm³/mol. The third-order valence-corrected chi connectivity index (χ3v) is 4.42. The van der Waals surface area contributed by atoms with E-state index in [4.69, 9.17) is 0 Å². The first kappa shape index (κ1) is 13.7. The molecular weight excluding hydrogens is 280 g/mol. The summed E-state index contributed by atoms with van der Waals surface area (Å²) in [5, 5.41) is 3.83. The van der Waals surface area contributed by atoms with Gasteiger partial charge in [-0.05, 0) is 39.9 Å². The minimum atomic E-state index is -2.09. The zero-order valence-electron chi connectivity index (χ0n) is 11.4. The average molecular weight is 294 g/mol. The lowest BCUT2D eigenvalue weighted by Crippen LogP contribution is -1.97. The van der Waals surface area contributed by atoms with Crippen LogP contribution in [0.4, 0.5) is 0 Å². The van der Waals surface area contributed by atoms with Crippen molar-refractivity contribution in [1.29, 1.82) is 0 Å². The van der Waals surface area contributed by atoms with Crippen LogP contribution in [0.5, 0.6) is 0 Å². The van der Waals surface area contributed by atoms with E-state index >= 15 is 0 Å². The molecule has 0 saturated heterocycles. The van der Waals surface area contributed by atoms with Crippen molar-refractivity contribution in [1.82, 2.24) is 0 Å². The fourth-order valence-corrected chi connectivity index (χ4v) is 3.42. The van der Waals surface area contributed by atoms with Crippen LogP contribution in [-0.4, -0.2) is 8.76 Å². The molecule has 1 atom stereocenters. The van der Waals surface area contributed by atoms with Crippen LogP contribution in [0.15, 0.2) is 60.5 Å². The highest BCUT2D eigenvalue weighted by Crippen LogP contribution is 2.33. The van der Waals surface area contributed by atoms with E-state index in [1.165, 1.54) is 0 Å². The molecule has 0 aromatic heterocycles. The Morgan fingerprint density at radius 3 is 2.19 bits per heavy atom. The van der Waals surface area contributed by atoms with E-state index in [1.54, 1.807) is 12.2 Å². The number of hydrogen-bond donors (Lipinski definition) is 1. The summed E-state index contributed by atoms with van der Waals surface area (Å²) in [6.07, 6.45) is 3.29. The van der Waals surface area contributed by atoms with Gasteiger partial charge < -0.3 is 4.55 Å². The molecule has 1 unspecified atom stereocenters. The molecule has 0 aliphatic carbocycles. The van der Waals surface area contributed by atoms with E-state index in [0.29, 0.717) is 10.5 Å². The molecule has 104 valence electrons. The van der Waals surface area contributed by atoms with Crippen LogP contribution in [0.2, 0.25) is 0 Å². The third kappa shape index (κ3) is 2.20. The molecule has 0 fully saturated rings. The summed E-state index contributed by atoms with van der Waals surface area (Å²) in [5.74, 6) is 0. The topological polar surface area (TPSA) is 37.3 Å². The molecular formula is C18H14O2S. The molecule has 0 saturated carbocycles. The highest BCUT2D eigenvalue weighted by molar-refractivity contribution is 7.79. The number of rotatable bonds is 3. The molecule has 0 aliphatic heterocycles. The summed E-state index contributed by atoms with van der Waals surface area (Å²) in [7, 11) is 0. The van der Waals surface area contributed by atoms with Crippen LogP contribution < -0.4 is 0 Å². The summed E-state index contributed by atoms with van der Waals surface area (Å²) >= 11 is -2.09. The largest absolute Gasteiger partial charge is 0.302 e. The molecule has 21 heavy (non-hydrogen) atoms. The van der Waals surface area contributed by atoms with Gasteiger partial charge in [0.1, 0.15) is 0 Å². The van der Waals surface area contributed by atoms with Gasteiger partial charge in [0.15, 0.2) is 11.1 Å². The minimum absolute atomic E-state index is 0.392. The lowest BCUT2D eigenvalue weighted by atomic mass is 9.97. The quantitative estimate of drug-likeness (QED) is 0.553. The van der Waals surface area contributed by atoms with Crippen molar-refractivity contribution in [3.8, 4) is 0 Å². The van der Waals surface area contributed by atoms with Gasteiger partial charge in [-0.25, -0.2) is 4.21 Å². The Labute approximate surface area is 125 Å². The highest BCUT2D eigenvalue weighted by Gasteiger charge is 2.15. The summed E-state index contributed by atoms with van der Waals surface area (Å²) in [6.45, 7) is 7.54. The van der Waals surface area contributed by atoms with E-state index in [2.05, 4.69) is 13.2 Å². The monoisotopic (exact) mass is 294 g/mol. The van der Waals surface area contributed by atoms with Crippen LogP contribution >= 0.6 is 0 Å². The van der Waals surface area contributed by atoms with Crippen LogP contribution in [0.1, 0.15) is 11.1 Å². The second-order valence-corrected chi connectivity index (χ2v) is 5.69. The zero-order valence-corrected chi connectivity index (χ0v) is 12.2. The number of benzene rings is 3. The van der Waals surface area contributed by atoms with Gasteiger partial charge in [-0.1, -0.05) is 49.6 Å². The summed E-state index contributed by atoms with van der Waals surface area (Å²) in [6, 6.07) is 13.9. The van der Waals surface area contributed by atoms with E-state index in [0.717, 1.165) is 27.1 Å².